The van der Waals surface area contributed by atoms with Crippen molar-refractivity contribution in [3.05, 3.63) is 46.2 Å². The lowest BCUT2D eigenvalue weighted by atomic mass is 10.1. The summed E-state index contributed by atoms with van der Waals surface area (Å²) >= 11 is 1.23. The van der Waals surface area contributed by atoms with Gasteiger partial charge >= 0.3 is 6.18 Å². The Labute approximate surface area is 128 Å². The monoisotopic (exact) mass is 332 g/mol. The van der Waals surface area contributed by atoms with Crippen molar-refractivity contribution in [2.45, 2.75) is 25.9 Å². The summed E-state index contributed by atoms with van der Waals surface area (Å²) in [6, 6.07) is 1.78. The number of amides is 1. The van der Waals surface area contributed by atoms with Gasteiger partial charge in [-0.1, -0.05) is 13.8 Å². The van der Waals surface area contributed by atoms with Crippen LogP contribution in [0.15, 0.2) is 24.4 Å². The lowest BCUT2D eigenvalue weighted by molar-refractivity contribution is -0.137. The summed E-state index contributed by atoms with van der Waals surface area (Å²) in [6.45, 7) is 3.91. The third kappa shape index (κ3) is 3.62. The zero-order valence-electron chi connectivity index (χ0n) is 11.7. The molecule has 0 atom stereocenters. The van der Waals surface area contributed by atoms with Crippen molar-refractivity contribution in [2.24, 2.45) is 0 Å². The molecule has 22 heavy (non-hydrogen) atoms. The molecule has 0 unspecified atom stereocenters. The Bertz CT molecular complexity index is 694. The minimum atomic E-state index is -4.66. The Morgan fingerprint density at radius 1 is 1.32 bits per heavy atom. The smallest absolute Gasteiger partial charge is 0.298 e. The average Bonchev–Trinajstić information content (AvgIpc) is 2.86. The van der Waals surface area contributed by atoms with Gasteiger partial charge in [-0.3, -0.25) is 10.1 Å². The van der Waals surface area contributed by atoms with Crippen LogP contribution in [0.4, 0.5) is 22.7 Å². The van der Waals surface area contributed by atoms with E-state index in [0.29, 0.717) is 12.1 Å². The highest BCUT2D eigenvalue weighted by Crippen LogP contribution is 2.30. The zero-order valence-corrected chi connectivity index (χ0v) is 12.5. The topological polar surface area (TPSA) is 42.0 Å². The number of halogens is 4. The molecule has 0 fully saturated rings. The van der Waals surface area contributed by atoms with E-state index in [2.05, 4.69) is 10.3 Å². The normalized spacial score (nSPS) is 11.8. The van der Waals surface area contributed by atoms with E-state index in [0.717, 1.165) is 10.9 Å². The van der Waals surface area contributed by atoms with Gasteiger partial charge in [-0.25, -0.2) is 9.37 Å². The second-order valence-electron chi connectivity index (χ2n) is 4.87. The molecule has 0 saturated carbocycles. The van der Waals surface area contributed by atoms with Gasteiger partial charge in [-0.05, 0) is 24.1 Å². The van der Waals surface area contributed by atoms with E-state index in [-0.39, 0.29) is 11.0 Å². The molecular weight excluding hydrogens is 320 g/mol. The van der Waals surface area contributed by atoms with Crippen LogP contribution in [0, 0.1) is 5.82 Å². The van der Waals surface area contributed by atoms with Gasteiger partial charge in [0, 0.05) is 11.1 Å². The second kappa shape index (κ2) is 6.04. The van der Waals surface area contributed by atoms with Gasteiger partial charge in [0.25, 0.3) is 5.91 Å². The lowest BCUT2D eigenvalue weighted by Gasteiger charge is -2.08. The van der Waals surface area contributed by atoms with Crippen LogP contribution in [-0.4, -0.2) is 10.9 Å². The fourth-order valence-electron chi connectivity index (χ4n) is 1.65. The van der Waals surface area contributed by atoms with Gasteiger partial charge in [0.15, 0.2) is 5.13 Å². The number of thiazole rings is 1. The van der Waals surface area contributed by atoms with E-state index in [9.17, 15) is 22.4 Å². The summed E-state index contributed by atoms with van der Waals surface area (Å²) in [6.07, 6.45) is -3.06. The van der Waals surface area contributed by atoms with Gasteiger partial charge < -0.3 is 0 Å². The van der Waals surface area contributed by atoms with Crippen LogP contribution in [0.3, 0.4) is 0 Å². The maximum absolute atomic E-state index is 13.7. The number of carbonyl (C=O) groups is 1. The van der Waals surface area contributed by atoms with Crippen molar-refractivity contribution in [1.82, 2.24) is 4.98 Å². The van der Waals surface area contributed by atoms with Crippen molar-refractivity contribution in [2.75, 3.05) is 5.32 Å². The van der Waals surface area contributed by atoms with E-state index in [4.69, 9.17) is 0 Å². The number of aromatic nitrogens is 1. The molecule has 1 heterocycles. The molecule has 8 heteroatoms. The van der Waals surface area contributed by atoms with Gasteiger partial charge in [0.1, 0.15) is 5.82 Å². The van der Waals surface area contributed by atoms with Gasteiger partial charge in [-0.2, -0.15) is 13.2 Å². The minimum Gasteiger partial charge on any atom is -0.298 e. The van der Waals surface area contributed by atoms with Crippen LogP contribution < -0.4 is 5.32 Å². The molecule has 118 valence electrons. The fourth-order valence-corrected chi connectivity index (χ4v) is 2.46. The summed E-state index contributed by atoms with van der Waals surface area (Å²) in [5, 5.41) is 2.65. The summed E-state index contributed by atoms with van der Waals surface area (Å²) < 4.78 is 51.0. The maximum Gasteiger partial charge on any atom is 0.416 e. The molecule has 0 saturated heterocycles. The van der Waals surface area contributed by atoms with E-state index in [1.807, 2.05) is 13.8 Å². The number of nitrogens with one attached hydrogen (secondary N) is 1. The summed E-state index contributed by atoms with van der Waals surface area (Å²) in [5.41, 5.74) is -1.60. The largest absolute Gasteiger partial charge is 0.416 e. The molecule has 0 bridgehead atoms. The number of anilines is 1. The molecule has 1 aromatic carbocycles. The van der Waals surface area contributed by atoms with Gasteiger partial charge in [-0.15, -0.1) is 11.3 Å². The summed E-state index contributed by atoms with van der Waals surface area (Å²) in [7, 11) is 0. The molecule has 0 radical (unpaired) electrons. The SMILES string of the molecule is CC(C)c1cnc(NC(=O)c2ccc(C(F)(F)F)cc2F)s1. The lowest BCUT2D eigenvalue weighted by Crippen LogP contribution is -2.15. The van der Waals surface area contributed by atoms with Crippen LogP contribution in [-0.2, 0) is 6.18 Å². The fraction of sp³-hybridized carbons (Fsp3) is 0.286. The van der Waals surface area contributed by atoms with E-state index in [1.165, 1.54) is 11.3 Å². The summed E-state index contributed by atoms with van der Waals surface area (Å²) in [5.74, 6) is -1.84. The average molecular weight is 332 g/mol. The van der Waals surface area contributed by atoms with Crippen molar-refractivity contribution in [1.29, 1.82) is 0 Å². The molecule has 3 nitrogen and oxygen atoms in total. The van der Waals surface area contributed by atoms with Crippen LogP contribution >= 0.6 is 11.3 Å². The number of carbonyl (C=O) groups excluding carboxylic acids is 1. The Kier molecular flexibility index (Phi) is 4.50. The Morgan fingerprint density at radius 2 is 2.00 bits per heavy atom. The minimum absolute atomic E-state index is 0.228. The summed E-state index contributed by atoms with van der Waals surface area (Å²) in [4.78, 5) is 16.8. The predicted octanol–water partition coefficient (Wildman–Crippen LogP) is 4.68. The molecule has 1 N–H and O–H groups in total. The molecule has 1 aromatic heterocycles. The van der Waals surface area contributed by atoms with Crippen LogP contribution in [0.2, 0.25) is 0 Å². The van der Waals surface area contributed by atoms with Gasteiger partial charge in [0.2, 0.25) is 0 Å². The molecule has 0 aliphatic heterocycles. The molecule has 0 spiro atoms. The Hall–Kier alpha value is -1.96. The van der Waals surface area contributed by atoms with E-state index >= 15 is 0 Å². The van der Waals surface area contributed by atoms with Crippen LogP contribution in [0.25, 0.3) is 0 Å². The standard InChI is InChI=1S/C14H12F4N2OS/c1-7(2)11-6-19-13(22-11)20-12(21)9-4-3-8(5-10(9)15)14(16,17)18/h3-7H,1-2H3,(H,19,20,21). The van der Waals surface area contributed by atoms with E-state index < -0.39 is 29.0 Å². The Morgan fingerprint density at radius 3 is 2.50 bits per heavy atom. The van der Waals surface area contributed by atoms with Crippen LogP contribution in [0.5, 0.6) is 0 Å². The highest BCUT2D eigenvalue weighted by molar-refractivity contribution is 7.15. The first-order chi connectivity index (χ1) is 10.2. The number of nitrogens with zero attached hydrogens (tertiary/aromatic N) is 1. The highest BCUT2D eigenvalue weighted by Gasteiger charge is 2.31. The highest BCUT2D eigenvalue weighted by atomic mass is 32.1. The number of rotatable bonds is 3. The van der Waals surface area contributed by atoms with Crippen molar-refractivity contribution < 1.29 is 22.4 Å². The number of benzene rings is 1. The molecule has 2 aromatic rings. The first kappa shape index (κ1) is 16.4. The molecular formula is C14H12F4N2OS. The van der Waals surface area contributed by atoms with Crippen molar-refractivity contribution in [3.63, 3.8) is 0 Å². The second-order valence-corrected chi connectivity index (χ2v) is 5.93. The molecule has 2 rings (SSSR count). The molecule has 0 aliphatic rings. The first-order valence-electron chi connectivity index (χ1n) is 6.32. The van der Waals surface area contributed by atoms with Crippen molar-refractivity contribution >= 4 is 22.4 Å². The first-order valence-corrected chi connectivity index (χ1v) is 7.14. The number of hydrogen-bond acceptors (Lipinski definition) is 3. The van der Waals surface area contributed by atoms with Crippen LogP contribution in [0.1, 0.15) is 40.6 Å². The zero-order chi connectivity index (χ0) is 16.5. The Balaban J connectivity index is 2.19. The van der Waals surface area contributed by atoms with E-state index in [1.54, 1.807) is 6.20 Å². The third-order valence-electron chi connectivity index (χ3n) is 2.85. The van der Waals surface area contributed by atoms with Gasteiger partial charge in [0.05, 0.1) is 11.1 Å². The quantitative estimate of drug-likeness (QED) is 0.830. The molecule has 0 aliphatic carbocycles. The molecule has 1 amide bonds. The third-order valence-corrected chi connectivity index (χ3v) is 4.07. The number of hydrogen-bond donors (Lipinski definition) is 1. The maximum atomic E-state index is 13.7. The predicted molar refractivity (Wildman–Crippen MR) is 75.6 cm³/mol. The van der Waals surface area contributed by atoms with Crippen molar-refractivity contribution in [3.8, 4) is 0 Å². The number of alkyl halides is 3.